The minimum atomic E-state index is -1.28. The van der Waals surface area contributed by atoms with Crippen molar-refractivity contribution in [3.63, 3.8) is 0 Å². The minimum Gasteiger partial charge on any atom is -0.479 e. The molecule has 0 radical (unpaired) electrons. The van der Waals surface area contributed by atoms with Gasteiger partial charge in [-0.15, -0.1) is 0 Å². The highest BCUT2D eigenvalue weighted by atomic mass is 16.5. The molecule has 0 fully saturated rings. The van der Waals surface area contributed by atoms with Crippen LogP contribution in [0.5, 0.6) is 0 Å². The van der Waals surface area contributed by atoms with Crippen LogP contribution in [0.1, 0.15) is 59.4 Å². The average Bonchev–Trinajstić information content (AvgIpc) is 3.25. The first kappa shape index (κ1) is 26.6. The number of carbonyl (C=O) groups excluding carboxylic acids is 2. The maximum Gasteiger partial charge on any atom is 0.336 e. The van der Waals surface area contributed by atoms with E-state index in [9.17, 15) is 29.4 Å². The summed E-state index contributed by atoms with van der Waals surface area (Å²) < 4.78 is 6.70. The number of hydrogen-bond acceptors (Lipinski definition) is 6. The lowest BCUT2D eigenvalue weighted by atomic mass is 9.98. The number of amides is 1. The number of imidazole rings is 1. The fraction of sp³-hybridized carbons (Fsp3) is 0.321. The molecule has 10 heteroatoms. The molecule has 3 aromatic rings. The smallest absolute Gasteiger partial charge is 0.336 e. The molecule has 0 saturated heterocycles. The van der Waals surface area contributed by atoms with E-state index in [2.05, 4.69) is 4.98 Å². The van der Waals surface area contributed by atoms with Gasteiger partial charge in [-0.3, -0.25) is 9.59 Å². The van der Waals surface area contributed by atoms with Crippen LogP contribution in [0.3, 0.4) is 0 Å². The first-order valence-electron chi connectivity index (χ1n) is 12.4. The Labute approximate surface area is 219 Å². The van der Waals surface area contributed by atoms with E-state index in [4.69, 9.17) is 4.74 Å². The fourth-order valence-electron chi connectivity index (χ4n) is 4.86. The summed E-state index contributed by atoms with van der Waals surface area (Å²) >= 11 is 0. The zero-order valence-electron chi connectivity index (χ0n) is 21.2. The largest absolute Gasteiger partial charge is 0.479 e. The number of benzene rings is 2. The second kappa shape index (κ2) is 11.3. The number of aryl methyl sites for hydroxylation is 1. The number of carboxylic acid groups (broad SMARTS) is 2. The van der Waals surface area contributed by atoms with Crippen LogP contribution in [0.25, 0.3) is 11.1 Å². The van der Waals surface area contributed by atoms with Gasteiger partial charge in [0.2, 0.25) is 5.91 Å². The molecule has 0 spiro atoms. The normalized spacial score (nSPS) is 14.6. The molecule has 4 rings (SSSR count). The number of aromatic nitrogens is 2. The zero-order valence-corrected chi connectivity index (χ0v) is 21.2. The van der Waals surface area contributed by atoms with Crippen LogP contribution in [0.15, 0.2) is 48.5 Å². The van der Waals surface area contributed by atoms with Crippen molar-refractivity contribution < 1.29 is 34.1 Å². The molecule has 0 aliphatic carbocycles. The van der Waals surface area contributed by atoms with Crippen LogP contribution in [0, 0.1) is 0 Å². The molecule has 1 aliphatic heterocycles. The van der Waals surface area contributed by atoms with E-state index in [0.717, 1.165) is 11.1 Å². The number of esters is 1. The van der Waals surface area contributed by atoms with Crippen LogP contribution >= 0.6 is 0 Å². The Hall–Kier alpha value is -4.47. The highest BCUT2D eigenvalue weighted by Crippen LogP contribution is 2.33. The van der Waals surface area contributed by atoms with Gasteiger partial charge in [-0.05, 0) is 29.7 Å². The molecule has 1 unspecified atom stereocenters. The van der Waals surface area contributed by atoms with E-state index in [1.54, 1.807) is 31.2 Å². The predicted octanol–water partition coefficient (Wildman–Crippen LogP) is 3.32. The second-order valence-electron chi connectivity index (χ2n) is 8.91. The molecule has 1 amide bonds. The fourth-order valence-corrected chi connectivity index (χ4v) is 4.86. The summed E-state index contributed by atoms with van der Waals surface area (Å²) in [7, 11) is 0. The number of nitrogens with zero attached hydrogens (tertiary/aromatic N) is 3. The number of ether oxygens (including phenoxy) is 1. The van der Waals surface area contributed by atoms with Crippen LogP contribution in [0.4, 0.5) is 0 Å². The summed E-state index contributed by atoms with van der Waals surface area (Å²) in [5, 5.41) is 19.7. The van der Waals surface area contributed by atoms with Gasteiger partial charge in [0.15, 0.2) is 6.04 Å². The van der Waals surface area contributed by atoms with Gasteiger partial charge in [0.05, 0.1) is 23.6 Å². The Balaban J connectivity index is 1.66. The average molecular weight is 520 g/mol. The molecular weight excluding hydrogens is 490 g/mol. The molecule has 10 nitrogen and oxygen atoms in total. The van der Waals surface area contributed by atoms with Crippen molar-refractivity contribution in [1.82, 2.24) is 14.5 Å². The second-order valence-corrected chi connectivity index (χ2v) is 8.91. The zero-order chi connectivity index (χ0) is 27.4. The van der Waals surface area contributed by atoms with E-state index in [0.29, 0.717) is 42.2 Å². The van der Waals surface area contributed by atoms with Crippen LogP contribution in [-0.2, 0) is 38.5 Å². The van der Waals surface area contributed by atoms with E-state index in [1.165, 1.54) is 4.90 Å². The third-order valence-electron chi connectivity index (χ3n) is 6.56. The SMILES string of the molecule is CCOC(=O)CC(=O)N1CCc2nc(CC)n(Cc3ccc(-c4ccccc4C(=O)O)cc3)c2C1C(=O)O. The first-order valence-corrected chi connectivity index (χ1v) is 12.4. The summed E-state index contributed by atoms with van der Waals surface area (Å²) in [6, 6.07) is 12.9. The number of hydrogen-bond donors (Lipinski definition) is 2. The Morgan fingerprint density at radius 3 is 2.37 bits per heavy atom. The van der Waals surface area contributed by atoms with E-state index < -0.39 is 36.3 Å². The third kappa shape index (κ3) is 5.29. The summed E-state index contributed by atoms with van der Waals surface area (Å²) in [5.74, 6) is -2.81. The lowest BCUT2D eigenvalue weighted by Gasteiger charge is -2.33. The Kier molecular flexibility index (Phi) is 7.90. The molecule has 0 bridgehead atoms. The number of aliphatic carboxylic acids is 1. The predicted molar refractivity (Wildman–Crippen MR) is 137 cm³/mol. The van der Waals surface area contributed by atoms with Gasteiger partial charge in [-0.1, -0.05) is 49.4 Å². The van der Waals surface area contributed by atoms with Crippen molar-refractivity contribution in [2.24, 2.45) is 0 Å². The van der Waals surface area contributed by atoms with Gasteiger partial charge in [-0.25, -0.2) is 14.6 Å². The van der Waals surface area contributed by atoms with Gasteiger partial charge >= 0.3 is 17.9 Å². The van der Waals surface area contributed by atoms with Crippen molar-refractivity contribution in [3.05, 3.63) is 76.9 Å². The van der Waals surface area contributed by atoms with Crippen molar-refractivity contribution in [1.29, 1.82) is 0 Å². The number of aromatic carboxylic acids is 1. The molecular formula is C28H29N3O7. The monoisotopic (exact) mass is 519 g/mol. The molecule has 1 aromatic heterocycles. The highest BCUT2D eigenvalue weighted by molar-refractivity contribution is 5.97. The molecule has 2 heterocycles. The number of carbonyl (C=O) groups is 4. The van der Waals surface area contributed by atoms with Gasteiger partial charge in [0.1, 0.15) is 12.2 Å². The van der Waals surface area contributed by atoms with E-state index in [-0.39, 0.29) is 18.7 Å². The van der Waals surface area contributed by atoms with Crippen molar-refractivity contribution >= 4 is 23.8 Å². The van der Waals surface area contributed by atoms with Crippen LogP contribution in [0.2, 0.25) is 0 Å². The Morgan fingerprint density at radius 2 is 1.74 bits per heavy atom. The minimum absolute atomic E-state index is 0.131. The molecule has 38 heavy (non-hydrogen) atoms. The lowest BCUT2D eigenvalue weighted by molar-refractivity contribution is -0.156. The number of carboxylic acids is 2. The maximum atomic E-state index is 12.9. The van der Waals surface area contributed by atoms with Crippen molar-refractivity contribution in [2.45, 2.75) is 45.7 Å². The maximum absolute atomic E-state index is 12.9. The molecule has 0 saturated carbocycles. The number of rotatable bonds is 9. The summed E-state index contributed by atoms with van der Waals surface area (Å²) in [5.41, 5.74) is 3.46. The molecule has 2 aromatic carbocycles. The van der Waals surface area contributed by atoms with Crippen molar-refractivity contribution in [3.8, 4) is 11.1 Å². The van der Waals surface area contributed by atoms with Gasteiger partial charge in [0, 0.05) is 25.9 Å². The van der Waals surface area contributed by atoms with Crippen LogP contribution in [-0.4, -0.2) is 61.6 Å². The summed E-state index contributed by atoms with van der Waals surface area (Å²) in [4.78, 5) is 54.7. The van der Waals surface area contributed by atoms with Gasteiger partial charge < -0.3 is 24.4 Å². The molecule has 1 aliphatic rings. The van der Waals surface area contributed by atoms with Crippen molar-refractivity contribution in [2.75, 3.05) is 13.2 Å². The van der Waals surface area contributed by atoms with E-state index >= 15 is 0 Å². The highest BCUT2D eigenvalue weighted by Gasteiger charge is 2.40. The number of fused-ring (bicyclic) bond motifs is 1. The molecule has 198 valence electrons. The molecule has 2 N–H and O–H groups in total. The standard InChI is InChI=1S/C28H29N3O7/c1-3-22-29-21-13-14-30(23(32)15-24(33)38-4-2)26(28(36)37)25(21)31(22)16-17-9-11-18(12-10-17)19-7-5-6-8-20(19)27(34)35/h5-12,26H,3-4,13-16H2,1-2H3,(H,34,35)(H,36,37). The lowest BCUT2D eigenvalue weighted by Crippen LogP contribution is -2.45. The van der Waals surface area contributed by atoms with Gasteiger partial charge in [0.25, 0.3) is 0 Å². The third-order valence-corrected chi connectivity index (χ3v) is 6.56. The summed E-state index contributed by atoms with van der Waals surface area (Å²) in [6.07, 6.45) is 0.403. The Bertz CT molecular complexity index is 1380. The Morgan fingerprint density at radius 1 is 1.03 bits per heavy atom. The quantitative estimate of drug-likeness (QED) is 0.324. The molecule has 1 atom stereocenters. The van der Waals surface area contributed by atoms with Gasteiger partial charge in [-0.2, -0.15) is 0 Å². The topological polar surface area (TPSA) is 139 Å². The first-order chi connectivity index (χ1) is 18.2. The summed E-state index contributed by atoms with van der Waals surface area (Å²) in [6.45, 7) is 4.15. The van der Waals surface area contributed by atoms with Crippen LogP contribution < -0.4 is 0 Å². The van der Waals surface area contributed by atoms with E-state index in [1.807, 2.05) is 35.8 Å².